The lowest BCUT2D eigenvalue weighted by atomic mass is 10.1. The minimum absolute atomic E-state index is 0.0285. The van der Waals surface area contributed by atoms with Gasteiger partial charge in [-0.25, -0.2) is 4.39 Å². The van der Waals surface area contributed by atoms with Crippen molar-refractivity contribution in [3.8, 4) is 0 Å². The fraction of sp³-hybridized carbons (Fsp3) is 0.417. The van der Waals surface area contributed by atoms with Crippen LogP contribution < -0.4 is 10.6 Å². The van der Waals surface area contributed by atoms with Gasteiger partial charge in [-0.2, -0.15) is 0 Å². The zero-order chi connectivity index (χ0) is 13.0. The van der Waals surface area contributed by atoms with Crippen molar-refractivity contribution in [2.45, 2.75) is 25.9 Å². The maximum absolute atomic E-state index is 13.1. The summed E-state index contributed by atoms with van der Waals surface area (Å²) in [5, 5.41) is 5.71. The lowest BCUT2D eigenvalue weighted by Gasteiger charge is -2.19. The molecule has 0 aliphatic heterocycles. The molecule has 94 valence electrons. The van der Waals surface area contributed by atoms with Gasteiger partial charge in [0.25, 0.3) is 0 Å². The standard InChI is InChI=1S/C12H16BrFN2O/c1-7(16-8(2)12(17)15-3)9-4-5-11(14)10(13)6-9/h4-8,16H,1-3H3,(H,15,17). The van der Waals surface area contributed by atoms with Gasteiger partial charge in [-0.15, -0.1) is 0 Å². The fourth-order valence-corrected chi connectivity index (χ4v) is 1.94. The van der Waals surface area contributed by atoms with Crippen LogP contribution >= 0.6 is 15.9 Å². The van der Waals surface area contributed by atoms with E-state index in [2.05, 4.69) is 26.6 Å². The Morgan fingerprint density at radius 3 is 2.59 bits per heavy atom. The topological polar surface area (TPSA) is 41.1 Å². The third-order valence-corrected chi connectivity index (χ3v) is 3.19. The van der Waals surface area contributed by atoms with Crippen molar-refractivity contribution in [3.05, 3.63) is 34.1 Å². The van der Waals surface area contributed by atoms with Crippen molar-refractivity contribution in [2.75, 3.05) is 7.05 Å². The highest BCUT2D eigenvalue weighted by molar-refractivity contribution is 9.10. The Kier molecular flexibility index (Phi) is 5.08. The zero-order valence-corrected chi connectivity index (χ0v) is 11.6. The Hall–Kier alpha value is -0.940. The van der Waals surface area contributed by atoms with Gasteiger partial charge in [0.1, 0.15) is 5.82 Å². The molecule has 2 N–H and O–H groups in total. The van der Waals surface area contributed by atoms with Crippen LogP contribution in [-0.4, -0.2) is 19.0 Å². The molecular formula is C12H16BrFN2O. The maximum Gasteiger partial charge on any atom is 0.236 e. The van der Waals surface area contributed by atoms with Crippen molar-refractivity contribution in [3.63, 3.8) is 0 Å². The van der Waals surface area contributed by atoms with Crippen molar-refractivity contribution in [2.24, 2.45) is 0 Å². The SMILES string of the molecule is CNC(=O)C(C)NC(C)c1ccc(F)c(Br)c1. The summed E-state index contributed by atoms with van der Waals surface area (Å²) in [5.74, 6) is -0.363. The smallest absolute Gasteiger partial charge is 0.236 e. The Morgan fingerprint density at radius 1 is 1.41 bits per heavy atom. The summed E-state index contributed by atoms with van der Waals surface area (Å²) in [5.41, 5.74) is 0.925. The molecule has 3 nitrogen and oxygen atoms in total. The number of amides is 1. The van der Waals surface area contributed by atoms with E-state index >= 15 is 0 Å². The third kappa shape index (κ3) is 3.78. The van der Waals surface area contributed by atoms with Crippen molar-refractivity contribution in [1.82, 2.24) is 10.6 Å². The molecule has 1 amide bonds. The highest BCUT2D eigenvalue weighted by atomic mass is 79.9. The van der Waals surface area contributed by atoms with Crippen LogP contribution in [0.25, 0.3) is 0 Å². The van der Waals surface area contributed by atoms with Gasteiger partial charge in [0, 0.05) is 13.1 Å². The highest BCUT2D eigenvalue weighted by Crippen LogP contribution is 2.21. The largest absolute Gasteiger partial charge is 0.358 e. The lowest BCUT2D eigenvalue weighted by molar-refractivity contribution is -0.122. The van der Waals surface area contributed by atoms with Crippen molar-refractivity contribution >= 4 is 21.8 Å². The lowest BCUT2D eigenvalue weighted by Crippen LogP contribution is -2.41. The molecule has 0 aliphatic rings. The maximum atomic E-state index is 13.1. The first kappa shape index (κ1) is 14.1. The Labute approximate surface area is 109 Å². The Bertz CT molecular complexity index is 411. The van der Waals surface area contributed by atoms with Gasteiger partial charge in [0.2, 0.25) is 5.91 Å². The second-order valence-electron chi connectivity index (χ2n) is 3.90. The van der Waals surface area contributed by atoms with Crippen molar-refractivity contribution < 1.29 is 9.18 Å². The second-order valence-corrected chi connectivity index (χ2v) is 4.75. The molecule has 17 heavy (non-hydrogen) atoms. The van der Waals surface area contributed by atoms with Gasteiger partial charge < -0.3 is 5.32 Å². The monoisotopic (exact) mass is 302 g/mol. The van der Waals surface area contributed by atoms with E-state index in [1.54, 1.807) is 26.1 Å². The molecule has 5 heteroatoms. The average Bonchev–Trinajstić information content (AvgIpc) is 2.31. The van der Waals surface area contributed by atoms with Crippen molar-refractivity contribution in [1.29, 1.82) is 0 Å². The van der Waals surface area contributed by atoms with Gasteiger partial charge in [0.15, 0.2) is 0 Å². The number of carbonyl (C=O) groups excluding carboxylic acids is 1. The van der Waals surface area contributed by atoms with Gasteiger partial charge in [-0.1, -0.05) is 6.07 Å². The van der Waals surface area contributed by atoms with Crippen LogP contribution in [0.5, 0.6) is 0 Å². The number of hydrogen-bond acceptors (Lipinski definition) is 2. The zero-order valence-electron chi connectivity index (χ0n) is 10.1. The number of carbonyl (C=O) groups is 1. The van der Waals surface area contributed by atoms with E-state index in [9.17, 15) is 9.18 Å². The molecule has 1 rings (SSSR count). The molecule has 0 fully saturated rings. The molecule has 0 saturated carbocycles. The molecule has 0 heterocycles. The highest BCUT2D eigenvalue weighted by Gasteiger charge is 2.15. The molecule has 0 saturated heterocycles. The molecule has 0 bridgehead atoms. The Balaban J connectivity index is 2.72. The third-order valence-electron chi connectivity index (χ3n) is 2.58. The summed E-state index contributed by atoms with van der Waals surface area (Å²) in [4.78, 5) is 11.4. The van der Waals surface area contributed by atoms with Gasteiger partial charge in [0.05, 0.1) is 10.5 Å². The molecule has 0 aromatic heterocycles. The number of likely N-dealkylation sites (N-methyl/N-ethyl adjacent to an activating group) is 1. The number of hydrogen-bond donors (Lipinski definition) is 2. The summed E-state index contributed by atoms with van der Waals surface area (Å²) in [6.07, 6.45) is 0. The first-order chi connectivity index (χ1) is 7.95. The molecule has 1 aromatic carbocycles. The van der Waals surface area contributed by atoms with E-state index in [1.807, 2.05) is 6.92 Å². The van der Waals surface area contributed by atoms with Crippen LogP contribution in [0.15, 0.2) is 22.7 Å². The number of rotatable bonds is 4. The normalized spacial score (nSPS) is 14.2. The van der Waals surface area contributed by atoms with Crippen LogP contribution in [0.1, 0.15) is 25.5 Å². The van der Waals surface area contributed by atoms with Crippen LogP contribution in [0.4, 0.5) is 4.39 Å². The predicted molar refractivity (Wildman–Crippen MR) is 69.2 cm³/mol. The summed E-state index contributed by atoms with van der Waals surface area (Å²) in [7, 11) is 1.60. The summed E-state index contributed by atoms with van der Waals surface area (Å²) < 4.78 is 13.5. The van der Waals surface area contributed by atoms with Crippen LogP contribution in [0.3, 0.4) is 0 Å². The molecule has 2 atom stereocenters. The fourth-order valence-electron chi connectivity index (χ4n) is 1.55. The molecule has 1 aromatic rings. The Morgan fingerprint density at radius 2 is 2.06 bits per heavy atom. The number of halogens is 2. The minimum Gasteiger partial charge on any atom is -0.358 e. The van der Waals surface area contributed by atoms with Crippen LogP contribution in [0, 0.1) is 5.82 Å². The second kappa shape index (κ2) is 6.12. The number of nitrogens with one attached hydrogen (secondary N) is 2. The quantitative estimate of drug-likeness (QED) is 0.896. The predicted octanol–water partition coefficient (Wildman–Crippen LogP) is 2.37. The van der Waals surface area contributed by atoms with Crippen LogP contribution in [-0.2, 0) is 4.79 Å². The van der Waals surface area contributed by atoms with Gasteiger partial charge in [-0.05, 0) is 47.5 Å². The van der Waals surface area contributed by atoms with E-state index in [0.717, 1.165) is 5.56 Å². The van der Waals surface area contributed by atoms with Gasteiger partial charge in [-0.3, -0.25) is 10.1 Å². The molecule has 0 spiro atoms. The van der Waals surface area contributed by atoms with Gasteiger partial charge >= 0.3 is 0 Å². The first-order valence-corrected chi connectivity index (χ1v) is 6.17. The average molecular weight is 303 g/mol. The molecule has 0 radical (unpaired) electrons. The summed E-state index contributed by atoms with van der Waals surface area (Å²) >= 11 is 3.14. The van der Waals surface area contributed by atoms with E-state index < -0.39 is 0 Å². The van der Waals surface area contributed by atoms with E-state index in [1.165, 1.54) is 6.07 Å². The molecule has 0 aliphatic carbocycles. The number of benzene rings is 1. The molecule has 2 unspecified atom stereocenters. The van der Waals surface area contributed by atoms with E-state index in [-0.39, 0.29) is 23.8 Å². The van der Waals surface area contributed by atoms with Crippen LogP contribution in [0.2, 0.25) is 0 Å². The first-order valence-electron chi connectivity index (χ1n) is 5.38. The summed E-state index contributed by atoms with van der Waals surface area (Å²) in [6, 6.07) is 4.50. The summed E-state index contributed by atoms with van der Waals surface area (Å²) in [6.45, 7) is 3.72. The molecular weight excluding hydrogens is 287 g/mol. The van der Waals surface area contributed by atoms with E-state index in [4.69, 9.17) is 0 Å². The van der Waals surface area contributed by atoms with E-state index in [0.29, 0.717) is 4.47 Å². The minimum atomic E-state index is -0.293.